The molecule has 1 aliphatic rings. The van der Waals surface area contributed by atoms with E-state index in [4.69, 9.17) is 22.0 Å². The second kappa shape index (κ2) is 5.80. The highest BCUT2D eigenvalue weighted by molar-refractivity contribution is 6.33. The van der Waals surface area contributed by atoms with E-state index < -0.39 is 18.0 Å². The number of amides is 2. The van der Waals surface area contributed by atoms with Crippen molar-refractivity contribution in [1.29, 1.82) is 5.26 Å². The van der Waals surface area contributed by atoms with Crippen LogP contribution in [0.3, 0.4) is 0 Å². The van der Waals surface area contributed by atoms with E-state index in [0.717, 1.165) is 0 Å². The van der Waals surface area contributed by atoms with Crippen molar-refractivity contribution in [2.45, 2.75) is 18.9 Å². The lowest BCUT2D eigenvalue weighted by molar-refractivity contribution is -0.141. The highest BCUT2D eigenvalue weighted by Gasteiger charge is 2.34. The number of likely N-dealkylation sites (tertiary alicyclic amines) is 1. The number of hydrogen-bond donors (Lipinski definition) is 2. The number of nitriles is 1. The molecule has 1 atom stereocenters. The number of hydrogen-bond acceptors (Lipinski definition) is 3. The first-order valence-electron chi connectivity index (χ1n) is 6.03. The molecule has 1 fully saturated rings. The third-order valence-electron chi connectivity index (χ3n) is 3.14. The molecule has 1 saturated heterocycles. The fraction of sp³-hybridized carbons (Fsp3) is 0.308. The van der Waals surface area contributed by atoms with E-state index in [9.17, 15) is 9.59 Å². The van der Waals surface area contributed by atoms with E-state index in [1.807, 2.05) is 6.07 Å². The van der Waals surface area contributed by atoms with Gasteiger partial charge in [-0.25, -0.2) is 9.59 Å². The van der Waals surface area contributed by atoms with Crippen LogP contribution in [0, 0.1) is 11.3 Å². The predicted octanol–water partition coefficient (Wildman–Crippen LogP) is 2.29. The molecule has 1 aliphatic heterocycles. The van der Waals surface area contributed by atoms with Crippen LogP contribution in [-0.4, -0.2) is 34.6 Å². The molecule has 104 valence electrons. The van der Waals surface area contributed by atoms with Crippen molar-refractivity contribution in [3.05, 3.63) is 28.8 Å². The van der Waals surface area contributed by atoms with Gasteiger partial charge in [-0.2, -0.15) is 5.26 Å². The molecule has 1 aromatic rings. The van der Waals surface area contributed by atoms with E-state index in [2.05, 4.69) is 5.32 Å². The maximum Gasteiger partial charge on any atom is 0.326 e. The number of carbonyl (C=O) groups is 2. The van der Waals surface area contributed by atoms with Gasteiger partial charge in [-0.3, -0.25) is 0 Å². The van der Waals surface area contributed by atoms with E-state index in [0.29, 0.717) is 35.7 Å². The Kier molecular flexibility index (Phi) is 4.11. The van der Waals surface area contributed by atoms with Crippen molar-refractivity contribution in [3.63, 3.8) is 0 Å². The largest absolute Gasteiger partial charge is 0.480 e. The van der Waals surface area contributed by atoms with Crippen molar-refractivity contribution < 1.29 is 14.7 Å². The monoisotopic (exact) mass is 293 g/mol. The summed E-state index contributed by atoms with van der Waals surface area (Å²) in [5.41, 5.74) is 0.660. The van der Waals surface area contributed by atoms with Crippen LogP contribution in [0.25, 0.3) is 0 Å². The number of carboxylic acid groups (broad SMARTS) is 1. The molecule has 2 N–H and O–H groups in total. The van der Waals surface area contributed by atoms with Crippen molar-refractivity contribution in [3.8, 4) is 6.07 Å². The van der Waals surface area contributed by atoms with Crippen LogP contribution < -0.4 is 5.32 Å². The molecule has 0 bridgehead atoms. The molecule has 0 aliphatic carbocycles. The number of nitrogens with zero attached hydrogens (tertiary/aromatic N) is 2. The topological polar surface area (TPSA) is 93.4 Å². The first-order chi connectivity index (χ1) is 9.52. The molecule has 0 spiro atoms. The lowest BCUT2D eigenvalue weighted by Gasteiger charge is -2.22. The number of anilines is 1. The minimum Gasteiger partial charge on any atom is -0.480 e. The lowest BCUT2D eigenvalue weighted by Crippen LogP contribution is -2.42. The lowest BCUT2D eigenvalue weighted by atomic mass is 10.2. The fourth-order valence-electron chi connectivity index (χ4n) is 2.14. The normalized spacial score (nSPS) is 17.6. The molecule has 1 heterocycles. The summed E-state index contributed by atoms with van der Waals surface area (Å²) in [6.07, 6.45) is 1.09. The molecule has 7 heteroatoms. The molecular formula is C13H12ClN3O3. The van der Waals surface area contributed by atoms with Gasteiger partial charge in [-0.1, -0.05) is 11.6 Å². The Morgan fingerprint density at radius 1 is 1.50 bits per heavy atom. The van der Waals surface area contributed by atoms with E-state index >= 15 is 0 Å². The summed E-state index contributed by atoms with van der Waals surface area (Å²) in [4.78, 5) is 24.4. The number of carboxylic acids is 1. The molecule has 2 rings (SSSR count). The molecule has 0 radical (unpaired) electrons. The Hall–Kier alpha value is -2.26. The Bertz CT molecular complexity index is 597. The predicted molar refractivity (Wildman–Crippen MR) is 72.5 cm³/mol. The summed E-state index contributed by atoms with van der Waals surface area (Å²) in [7, 11) is 0. The Labute approximate surface area is 120 Å². The van der Waals surface area contributed by atoms with Gasteiger partial charge in [0.05, 0.1) is 22.3 Å². The maximum absolute atomic E-state index is 12.1. The van der Waals surface area contributed by atoms with Crippen molar-refractivity contribution in [2.24, 2.45) is 0 Å². The average Bonchev–Trinajstić information content (AvgIpc) is 2.90. The average molecular weight is 294 g/mol. The number of nitrogens with one attached hydrogen (secondary N) is 1. The van der Waals surface area contributed by atoms with Crippen LogP contribution in [0.2, 0.25) is 5.02 Å². The standard InChI is InChI=1S/C13H12ClN3O3/c14-9-4-3-8(7-15)6-10(9)16-13(20)17-5-1-2-11(17)12(18)19/h3-4,6,11H,1-2,5H2,(H,16,20)(H,18,19)/t11-/m1/s1. The van der Waals surface area contributed by atoms with E-state index in [1.165, 1.54) is 23.1 Å². The van der Waals surface area contributed by atoms with Crippen LogP contribution >= 0.6 is 11.6 Å². The van der Waals surface area contributed by atoms with Gasteiger partial charge in [0.15, 0.2) is 0 Å². The smallest absolute Gasteiger partial charge is 0.326 e. The number of halogens is 1. The summed E-state index contributed by atoms with van der Waals surface area (Å²) in [5.74, 6) is -1.02. The Morgan fingerprint density at radius 3 is 2.90 bits per heavy atom. The van der Waals surface area contributed by atoms with Gasteiger partial charge in [0, 0.05) is 6.54 Å². The molecular weight excluding hydrogens is 282 g/mol. The van der Waals surface area contributed by atoms with Crippen molar-refractivity contribution >= 4 is 29.3 Å². The minimum absolute atomic E-state index is 0.295. The van der Waals surface area contributed by atoms with Gasteiger partial charge in [0.25, 0.3) is 0 Å². The molecule has 1 aromatic carbocycles. The van der Waals surface area contributed by atoms with Crippen LogP contribution in [0.15, 0.2) is 18.2 Å². The third kappa shape index (κ3) is 2.83. The minimum atomic E-state index is -1.02. The number of aliphatic carboxylic acids is 1. The number of benzene rings is 1. The zero-order chi connectivity index (χ0) is 14.7. The Morgan fingerprint density at radius 2 is 2.25 bits per heavy atom. The molecule has 0 aromatic heterocycles. The zero-order valence-corrected chi connectivity index (χ0v) is 11.2. The summed E-state index contributed by atoms with van der Waals surface area (Å²) < 4.78 is 0. The van der Waals surface area contributed by atoms with Crippen LogP contribution in [0.5, 0.6) is 0 Å². The summed E-state index contributed by atoms with van der Waals surface area (Å²) in [6, 6.07) is 5.11. The van der Waals surface area contributed by atoms with Crippen LogP contribution in [0.4, 0.5) is 10.5 Å². The van der Waals surface area contributed by atoms with Gasteiger partial charge in [0.1, 0.15) is 6.04 Å². The van der Waals surface area contributed by atoms with Crippen molar-refractivity contribution in [2.75, 3.05) is 11.9 Å². The first kappa shape index (κ1) is 14.2. The second-order valence-corrected chi connectivity index (χ2v) is 4.83. The highest BCUT2D eigenvalue weighted by atomic mass is 35.5. The molecule has 6 nitrogen and oxygen atoms in total. The van der Waals surface area contributed by atoms with Crippen LogP contribution in [0.1, 0.15) is 18.4 Å². The highest BCUT2D eigenvalue weighted by Crippen LogP contribution is 2.25. The first-order valence-corrected chi connectivity index (χ1v) is 6.41. The SMILES string of the molecule is N#Cc1ccc(Cl)c(NC(=O)N2CCC[C@@H]2C(=O)O)c1. The second-order valence-electron chi connectivity index (χ2n) is 4.43. The molecule has 2 amide bonds. The summed E-state index contributed by atoms with van der Waals surface area (Å²) in [5, 5.41) is 20.7. The van der Waals surface area contributed by atoms with Crippen LogP contribution in [-0.2, 0) is 4.79 Å². The maximum atomic E-state index is 12.1. The molecule has 20 heavy (non-hydrogen) atoms. The fourth-order valence-corrected chi connectivity index (χ4v) is 2.31. The van der Waals surface area contributed by atoms with Gasteiger partial charge < -0.3 is 15.3 Å². The quantitative estimate of drug-likeness (QED) is 0.875. The zero-order valence-electron chi connectivity index (χ0n) is 10.5. The summed E-state index contributed by atoms with van der Waals surface area (Å²) >= 11 is 5.94. The Balaban J connectivity index is 2.16. The molecule has 0 saturated carbocycles. The summed E-state index contributed by atoms with van der Waals surface area (Å²) in [6.45, 7) is 0.387. The van der Waals surface area contributed by atoms with Gasteiger partial charge in [-0.05, 0) is 31.0 Å². The number of carbonyl (C=O) groups excluding carboxylic acids is 1. The van der Waals surface area contributed by atoms with Gasteiger partial charge in [0.2, 0.25) is 0 Å². The van der Waals surface area contributed by atoms with Gasteiger partial charge in [-0.15, -0.1) is 0 Å². The van der Waals surface area contributed by atoms with Crippen molar-refractivity contribution in [1.82, 2.24) is 4.90 Å². The van der Waals surface area contributed by atoms with E-state index in [1.54, 1.807) is 0 Å². The van der Waals surface area contributed by atoms with Gasteiger partial charge >= 0.3 is 12.0 Å². The van der Waals surface area contributed by atoms with E-state index in [-0.39, 0.29) is 0 Å². The number of urea groups is 1. The number of rotatable bonds is 2. The molecule has 0 unspecified atom stereocenters. The third-order valence-corrected chi connectivity index (χ3v) is 3.47.